The zero-order valence-electron chi connectivity index (χ0n) is 17.0. The van der Waals surface area contributed by atoms with Gasteiger partial charge in [-0.1, -0.05) is 18.9 Å². The van der Waals surface area contributed by atoms with Gasteiger partial charge in [0.15, 0.2) is 11.5 Å². The minimum absolute atomic E-state index is 0.242. The van der Waals surface area contributed by atoms with Crippen LogP contribution in [0.3, 0.4) is 0 Å². The Morgan fingerprint density at radius 2 is 1.77 bits per heavy atom. The molecule has 2 aliphatic heterocycles. The highest BCUT2D eigenvalue weighted by molar-refractivity contribution is 6.45. The lowest BCUT2D eigenvalue weighted by Crippen LogP contribution is -2.44. The van der Waals surface area contributed by atoms with Gasteiger partial charge in [0, 0.05) is 19.1 Å². The number of hydrogen-bond acceptors (Lipinski definition) is 6. The monoisotopic (exact) mass is 415 g/mol. The first kappa shape index (κ1) is 20.2. The number of carbonyl (C=O) groups excluding carboxylic acids is 4. The topological polar surface area (TPSA) is 96.5 Å². The lowest BCUT2D eigenvalue weighted by molar-refractivity contribution is -0.145. The first-order chi connectivity index (χ1) is 14.5. The molecule has 0 radical (unpaired) electrons. The number of imide groups is 2. The van der Waals surface area contributed by atoms with E-state index >= 15 is 0 Å². The van der Waals surface area contributed by atoms with Crippen molar-refractivity contribution in [1.82, 2.24) is 14.7 Å². The van der Waals surface area contributed by atoms with Gasteiger partial charge in [-0.25, -0.2) is 9.69 Å². The molecule has 0 spiro atoms. The Balaban J connectivity index is 1.43. The predicted molar refractivity (Wildman–Crippen MR) is 105 cm³/mol. The van der Waals surface area contributed by atoms with E-state index in [-0.39, 0.29) is 6.04 Å². The molecule has 1 aliphatic carbocycles. The molecule has 9 nitrogen and oxygen atoms in total. The second-order valence-electron chi connectivity index (χ2n) is 7.67. The highest BCUT2D eigenvalue weighted by Crippen LogP contribution is 2.31. The number of nitrogens with zero attached hydrogens (tertiary/aromatic N) is 3. The van der Waals surface area contributed by atoms with E-state index < -0.39 is 30.3 Å². The summed E-state index contributed by atoms with van der Waals surface area (Å²) in [6.07, 6.45) is 3.26. The van der Waals surface area contributed by atoms with Gasteiger partial charge in [-0.05, 0) is 37.5 Å². The Bertz CT molecular complexity index is 879. The van der Waals surface area contributed by atoms with Crippen molar-refractivity contribution >= 4 is 23.8 Å². The van der Waals surface area contributed by atoms with Crippen LogP contribution in [0.2, 0.25) is 0 Å². The summed E-state index contributed by atoms with van der Waals surface area (Å²) in [6.45, 7) is 3.04. The van der Waals surface area contributed by atoms with Gasteiger partial charge >= 0.3 is 17.8 Å². The van der Waals surface area contributed by atoms with Gasteiger partial charge in [0.1, 0.15) is 19.8 Å². The summed E-state index contributed by atoms with van der Waals surface area (Å²) < 4.78 is 11.1. The molecule has 0 unspecified atom stereocenters. The highest BCUT2D eigenvalue weighted by Gasteiger charge is 2.48. The fourth-order valence-electron chi connectivity index (χ4n) is 4.16. The number of urea groups is 1. The van der Waals surface area contributed by atoms with Crippen molar-refractivity contribution in [2.75, 3.05) is 26.3 Å². The van der Waals surface area contributed by atoms with Crippen LogP contribution in [0.5, 0.6) is 11.5 Å². The van der Waals surface area contributed by atoms with E-state index in [0.29, 0.717) is 50.6 Å². The van der Waals surface area contributed by atoms with Crippen molar-refractivity contribution in [2.24, 2.45) is 0 Å². The van der Waals surface area contributed by atoms with E-state index in [1.54, 1.807) is 6.07 Å². The maximum atomic E-state index is 12.8. The second-order valence-corrected chi connectivity index (χ2v) is 7.67. The van der Waals surface area contributed by atoms with Crippen molar-refractivity contribution in [3.8, 4) is 11.5 Å². The summed E-state index contributed by atoms with van der Waals surface area (Å²) >= 11 is 0. The standard InChI is InChI=1S/C21H25N3O6/c1-2-22(12-14-7-8-16-17(11-14)30-10-9-29-16)18(25)13-23-19(26)20(27)24(21(23)28)15-5-3-4-6-15/h7-8,11,15H,2-6,9-10,12-13H2,1H3. The molecule has 9 heteroatoms. The quantitative estimate of drug-likeness (QED) is 0.517. The third kappa shape index (κ3) is 3.71. The SMILES string of the molecule is CCN(Cc1ccc2c(c1)OCCO2)C(=O)CN1C(=O)C(=O)N(C2CCCC2)C1=O. The second kappa shape index (κ2) is 8.33. The number of ether oxygens (including phenoxy) is 2. The van der Waals surface area contributed by atoms with Crippen LogP contribution in [0.1, 0.15) is 38.2 Å². The molecule has 30 heavy (non-hydrogen) atoms. The average Bonchev–Trinajstić information content (AvgIpc) is 3.35. The van der Waals surface area contributed by atoms with Gasteiger partial charge < -0.3 is 14.4 Å². The smallest absolute Gasteiger partial charge is 0.334 e. The molecule has 2 fully saturated rings. The van der Waals surface area contributed by atoms with Crippen molar-refractivity contribution in [3.63, 3.8) is 0 Å². The molecule has 160 valence electrons. The lowest BCUT2D eigenvalue weighted by atomic mass is 10.1. The van der Waals surface area contributed by atoms with Gasteiger partial charge in [-0.3, -0.25) is 19.3 Å². The van der Waals surface area contributed by atoms with E-state index in [4.69, 9.17) is 9.47 Å². The fraction of sp³-hybridized carbons (Fsp3) is 0.524. The summed E-state index contributed by atoms with van der Waals surface area (Å²) in [6, 6.07) is 4.55. The Labute approximate surface area is 174 Å². The van der Waals surface area contributed by atoms with Crippen molar-refractivity contribution in [1.29, 1.82) is 0 Å². The summed E-state index contributed by atoms with van der Waals surface area (Å²) in [5, 5.41) is 0. The van der Waals surface area contributed by atoms with Crippen molar-refractivity contribution in [3.05, 3.63) is 23.8 Å². The predicted octanol–water partition coefficient (Wildman–Crippen LogP) is 1.54. The third-order valence-electron chi connectivity index (χ3n) is 5.78. The lowest BCUT2D eigenvalue weighted by Gasteiger charge is -2.25. The summed E-state index contributed by atoms with van der Waals surface area (Å²) in [4.78, 5) is 53.6. The zero-order valence-corrected chi connectivity index (χ0v) is 17.0. The van der Waals surface area contributed by atoms with Crippen LogP contribution in [0.4, 0.5) is 4.79 Å². The number of amides is 5. The number of likely N-dealkylation sites (N-methyl/N-ethyl adjacent to an activating group) is 1. The normalized spacial score (nSPS) is 19.0. The number of benzene rings is 1. The van der Waals surface area contributed by atoms with E-state index in [2.05, 4.69) is 0 Å². The first-order valence-corrected chi connectivity index (χ1v) is 10.3. The number of fused-ring (bicyclic) bond motifs is 1. The molecule has 3 aliphatic rings. The minimum atomic E-state index is -0.921. The third-order valence-corrected chi connectivity index (χ3v) is 5.78. The largest absolute Gasteiger partial charge is 0.486 e. The van der Waals surface area contributed by atoms with Crippen LogP contribution in [-0.2, 0) is 20.9 Å². The molecule has 1 saturated carbocycles. The molecular formula is C21H25N3O6. The number of rotatable bonds is 6. The van der Waals surface area contributed by atoms with E-state index in [0.717, 1.165) is 28.2 Å². The molecule has 0 aromatic heterocycles. The fourth-order valence-corrected chi connectivity index (χ4v) is 4.16. The Morgan fingerprint density at radius 3 is 2.47 bits per heavy atom. The average molecular weight is 415 g/mol. The molecule has 5 amide bonds. The molecule has 2 heterocycles. The summed E-state index contributed by atoms with van der Waals surface area (Å²) in [5.74, 6) is -0.844. The van der Waals surface area contributed by atoms with Gasteiger partial charge in [0.2, 0.25) is 5.91 Å². The molecule has 4 rings (SSSR count). The molecule has 0 N–H and O–H groups in total. The molecule has 1 saturated heterocycles. The van der Waals surface area contributed by atoms with Gasteiger partial charge in [0.25, 0.3) is 0 Å². The Hall–Kier alpha value is -3.10. The molecular weight excluding hydrogens is 390 g/mol. The molecule has 1 aromatic carbocycles. The first-order valence-electron chi connectivity index (χ1n) is 10.3. The van der Waals surface area contributed by atoms with Crippen LogP contribution in [-0.4, -0.2) is 70.8 Å². The maximum Gasteiger partial charge on any atom is 0.334 e. The number of hydrogen-bond donors (Lipinski definition) is 0. The van der Waals surface area contributed by atoms with Crippen LogP contribution in [0.25, 0.3) is 0 Å². The number of carbonyl (C=O) groups is 4. The van der Waals surface area contributed by atoms with Crippen LogP contribution < -0.4 is 9.47 Å². The summed E-state index contributed by atoms with van der Waals surface area (Å²) in [5.41, 5.74) is 0.845. The summed E-state index contributed by atoms with van der Waals surface area (Å²) in [7, 11) is 0. The Kier molecular flexibility index (Phi) is 5.61. The van der Waals surface area contributed by atoms with Gasteiger partial charge in [0.05, 0.1) is 0 Å². The molecule has 1 aromatic rings. The zero-order chi connectivity index (χ0) is 21.3. The van der Waals surface area contributed by atoms with E-state index in [9.17, 15) is 19.2 Å². The van der Waals surface area contributed by atoms with Crippen molar-refractivity contribution < 1.29 is 28.7 Å². The molecule has 0 atom stereocenters. The minimum Gasteiger partial charge on any atom is -0.486 e. The van der Waals surface area contributed by atoms with Crippen molar-refractivity contribution in [2.45, 2.75) is 45.2 Å². The maximum absolute atomic E-state index is 12.8. The van der Waals surface area contributed by atoms with E-state index in [1.165, 1.54) is 4.90 Å². The van der Waals surface area contributed by atoms with E-state index in [1.807, 2.05) is 19.1 Å². The highest BCUT2D eigenvalue weighted by atomic mass is 16.6. The van der Waals surface area contributed by atoms with Crippen LogP contribution in [0.15, 0.2) is 18.2 Å². The Morgan fingerprint density at radius 1 is 1.07 bits per heavy atom. The van der Waals surface area contributed by atoms with Gasteiger partial charge in [-0.15, -0.1) is 0 Å². The molecule has 0 bridgehead atoms. The van der Waals surface area contributed by atoms with Crippen LogP contribution >= 0.6 is 0 Å². The van der Waals surface area contributed by atoms with Crippen LogP contribution in [0, 0.1) is 0 Å². The van der Waals surface area contributed by atoms with Gasteiger partial charge in [-0.2, -0.15) is 0 Å².